The fourth-order valence-electron chi connectivity index (χ4n) is 1.86. The highest BCUT2D eigenvalue weighted by Gasteiger charge is 2.15. The van der Waals surface area contributed by atoms with Crippen molar-refractivity contribution in [2.45, 2.75) is 58.8 Å². The van der Waals surface area contributed by atoms with Crippen LogP contribution in [-0.4, -0.2) is 17.8 Å². The van der Waals surface area contributed by atoms with Crippen LogP contribution in [0.1, 0.15) is 58.8 Å². The summed E-state index contributed by atoms with van der Waals surface area (Å²) in [6.45, 7) is 5.13. The molecule has 1 N–H and O–H groups in total. The summed E-state index contributed by atoms with van der Waals surface area (Å²) in [7, 11) is 0. The van der Waals surface area contributed by atoms with Gasteiger partial charge in [0.15, 0.2) is 0 Å². The van der Waals surface area contributed by atoms with Crippen LogP contribution in [0.2, 0.25) is 0 Å². The van der Waals surface area contributed by atoms with E-state index >= 15 is 0 Å². The average molecular weight is 292 g/mol. The predicted molar refractivity (Wildman–Crippen MR) is 74.0 cm³/mol. The minimum atomic E-state index is 0.242. The lowest BCUT2D eigenvalue weighted by atomic mass is 9.97. The Bertz CT molecular complexity index is 167. The third-order valence-corrected chi connectivity index (χ3v) is 3.32. The molecule has 0 atom stereocenters. The van der Waals surface area contributed by atoms with E-state index in [4.69, 9.17) is 0 Å². The monoisotopic (exact) mass is 291 g/mol. The molecular weight excluding hydrogens is 266 g/mol. The maximum Gasteiger partial charge on any atom is 0.223 e. The molecule has 0 aromatic rings. The van der Waals surface area contributed by atoms with Crippen LogP contribution in [0.15, 0.2) is 0 Å². The first-order valence-electron chi connectivity index (χ1n) is 6.59. The van der Waals surface area contributed by atoms with E-state index in [1.807, 2.05) is 0 Å². The van der Waals surface area contributed by atoms with Gasteiger partial charge >= 0.3 is 0 Å². The van der Waals surface area contributed by atoms with Crippen molar-refractivity contribution in [3.8, 4) is 0 Å². The van der Waals surface area contributed by atoms with Gasteiger partial charge in [-0.3, -0.25) is 4.79 Å². The van der Waals surface area contributed by atoms with Gasteiger partial charge in [-0.1, -0.05) is 49.0 Å². The van der Waals surface area contributed by atoms with Crippen LogP contribution in [0, 0.1) is 5.92 Å². The number of hydrogen-bond donors (Lipinski definition) is 1. The average Bonchev–Trinajstić information content (AvgIpc) is 2.28. The molecule has 0 bridgehead atoms. The highest BCUT2D eigenvalue weighted by molar-refractivity contribution is 9.09. The lowest BCUT2D eigenvalue weighted by Gasteiger charge is -2.15. The van der Waals surface area contributed by atoms with Gasteiger partial charge in [-0.05, 0) is 25.7 Å². The molecule has 16 heavy (non-hydrogen) atoms. The van der Waals surface area contributed by atoms with Crippen LogP contribution in [0.25, 0.3) is 0 Å². The SMILES string of the molecule is CCCC(CCC)C(=O)NCCCCCBr. The lowest BCUT2D eigenvalue weighted by Crippen LogP contribution is -2.31. The molecule has 2 nitrogen and oxygen atoms in total. The summed E-state index contributed by atoms with van der Waals surface area (Å²) in [6.07, 6.45) is 7.74. The summed E-state index contributed by atoms with van der Waals surface area (Å²) < 4.78 is 0. The van der Waals surface area contributed by atoms with Crippen molar-refractivity contribution in [2.75, 3.05) is 11.9 Å². The lowest BCUT2D eigenvalue weighted by molar-refractivity contribution is -0.125. The Hall–Kier alpha value is -0.0500. The van der Waals surface area contributed by atoms with E-state index in [9.17, 15) is 4.79 Å². The number of carbonyl (C=O) groups excluding carboxylic acids is 1. The summed E-state index contributed by atoms with van der Waals surface area (Å²) in [6, 6.07) is 0. The van der Waals surface area contributed by atoms with E-state index in [1.54, 1.807) is 0 Å². The van der Waals surface area contributed by atoms with E-state index in [0.29, 0.717) is 0 Å². The summed E-state index contributed by atoms with van der Waals surface area (Å²) >= 11 is 3.41. The minimum absolute atomic E-state index is 0.242. The maximum atomic E-state index is 11.8. The highest BCUT2D eigenvalue weighted by atomic mass is 79.9. The van der Waals surface area contributed by atoms with Crippen molar-refractivity contribution in [1.29, 1.82) is 0 Å². The van der Waals surface area contributed by atoms with Crippen molar-refractivity contribution in [2.24, 2.45) is 5.92 Å². The molecule has 0 unspecified atom stereocenters. The number of carbonyl (C=O) groups is 1. The Kier molecular flexibility index (Phi) is 11.4. The summed E-state index contributed by atoms with van der Waals surface area (Å²) in [5.74, 6) is 0.508. The Morgan fingerprint density at radius 3 is 2.25 bits per heavy atom. The molecule has 0 spiro atoms. The first kappa shape index (κ1) is 16.0. The van der Waals surface area contributed by atoms with Crippen molar-refractivity contribution in [3.63, 3.8) is 0 Å². The minimum Gasteiger partial charge on any atom is -0.356 e. The number of hydrogen-bond acceptors (Lipinski definition) is 1. The summed E-state index contributed by atoms with van der Waals surface area (Å²) in [5.41, 5.74) is 0. The van der Waals surface area contributed by atoms with E-state index in [1.165, 1.54) is 12.8 Å². The van der Waals surface area contributed by atoms with Crippen molar-refractivity contribution >= 4 is 21.8 Å². The second-order valence-corrected chi connectivity index (χ2v) is 5.11. The molecule has 0 radical (unpaired) electrons. The first-order chi connectivity index (χ1) is 7.76. The fourth-order valence-corrected chi connectivity index (χ4v) is 2.25. The molecular formula is C13H26BrNO. The molecule has 1 amide bonds. The molecule has 96 valence electrons. The molecule has 0 aliphatic rings. The van der Waals surface area contributed by atoms with Crippen molar-refractivity contribution in [3.05, 3.63) is 0 Å². The predicted octanol–water partition coefficient (Wildman–Crippen LogP) is 3.88. The standard InChI is InChI=1S/C13H26BrNO/c1-3-8-12(9-4-2)13(16)15-11-7-5-6-10-14/h12H,3-11H2,1-2H3,(H,15,16). The van der Waals surface area contributed by atoms with Crippen LogP contribution in [0.3, 0.4) is 0 Å². The third kappa shape index (κ3) is 8.14. The van der Waals surface area contributed by atoms with Crippen LogP contribution >= 0.6 is 15.9 Å². The molecule has 0 rings (SSSR count). The molecule has 0 saturated heterocycles. The van der Waals surface area contributed by atoms with Crippen molar-refractivity contribution < 1.29 is 4.79 Å². The Labute approximate surface area is 109 Å². The Morgan fingerprint density at radius 2 is 1.75 bits per heavy atom. The van der Waals surface area contributed by atoms with Crippen LogP contribution < -0.4 is 5.32 Å². The van der Waals surface area contributed by atoms with E-state index in [-0.39, 0.29) is 11.8 Å². The number of nitrogens with one attached hydrogen (secondary N) is 1. The first-order valence-corrected chi connectivity index (χ1v) is 7.72. The van der Waals surface area contributed by atoms with E-state index < -0.39 is 0 Å². The second-order valence-electron chi connectivity index (χ2n) is 4.31. The van der Waals surface area contributed by atoms with Crippen molar-refractivity contribution in [1.82, 2.24) is 5.32 Å². The van der Waals surface area contributed by atoms with Gasteiger partial charge in [0.2, 0.25) is 5.91 Å². The van der Waals surface area contributed by atoms with Gasteiger partial charge in [-0.15, -0.1) is 0 Å². The normalized spacial score (nSPS) is 10.8. The number of alkyl halides is 1. The van der Waals surface area contributed by atoms with Gasteiger partial charge in [-0.25, -0.2) is 0 Å². The zero-order valence-electron chi connectivity index (χ0n) is 10.7. The van der Waals surface area contributed by atoms with Gasteiger partial charge < -0.3 is 5.32 Å². The number of halogens is 1. The zero-order valence-corrected chi connectivity index (χ0v) is 12.3. The smallest absolute Gasteiger partial charge is 0.223 e. The summed E-state index contributed by atoms with van der Waals surface area (Å²) in [5, 5.41) is 4.12. The Balaban J connectivity index is 3.65. The molecule has 0 fully saturated rings. The molecule has 3 heteroatoms. The molecule has 0 aliphatic carbocycles. The largest absolute Gasteiger partial charge is 0.356 e. The summed E-state index contributed by atoms with van der Waals surface area (Å²) in [4.78, 5) is 11.8. The molecule has 0 saturated carbocycles. The number of unbranched alkanes of at least 4 members (excludes halogenated alkanes) is 2. The quantitative estimate of drug-likeness (QED) is 0.480. The molecule has 0 aliphatic heterocycles. The van der Waals surface area contributed by atoms with Gasteiger partial charge in [0, 0.05) is 17.8 Å². The second kappa shape index (κ2) is 11.4. The third-order valence-electron chi connectivity index (χ3n) is 2.75. The molecule has 0 heterocycles. The highest BCUT2D eigenvalue weighted by Crippen LogP contribution is 2.13. The van der Waals surface area contributed by atoms with Gasteiger partial charge in [-0.2, -0.15) is 0 Å². The number of rotatable bonds is 10. The van der Waals surface area contributed by atoms with E-state index in [2.05, 4.69) is 35.1 Å². The van der Waals surface area contributed by atoms with Crippen LogP contribution in [0.5, 0.6) is 0 Å². The van der Waals surface area contributed by atoms with Crippen LogP contribution in [-0.2, 0) is 4.79 Å². The maximum absolute atomic E-state index is 11.8. The van der Waals surface area contributed by atoms with Gasteiger partial charge in [0.1, 0.15) is 0 Å². The topological polar surface area (TPSA) is 29.1 Å². The molecule has 0 aromatic heterocycles. The number of amides is 1. The fraction of sp³-hybridized carbons (Fsp3) is 0.923. The van der Waals surface area contributed by atoms with E-state index in [0.717, 1.165) is 44.0 Å². The Morgan fingerprint density at radius 1 is 1.12 bits per heavy atom. The van der Waals surface area contributed by atoms with Gasteiger partial charge in [0.25, 0.3) is 0 Å². The van der Waals surface area contributed by atoms with Crippen LogP contribution in [0.4, 0.5) is 0 Å². The van der Waals surface area contributed by atoms with Gasteiger partial charge in [0.05, 0.1) is 0 Å². The molecule has 0 aromatic carbocycles. The zero-order chi connectivity index (χ0) is 12.2.